The SMILES string of the molecule is CC(C)CCC(=O)N1CCCC(NC(=O)C[C@@H](C)CCN)C(=O)C1. The number of likely N-dealkylation sites (tertiary alicyclic amines) is 1. The fourth-order valence-electron chi connectivity index (χ4n) is 2.92. The number of carbonyl (C=O) groups is 3. The first-order valence-electron chi connectivity index (χ1n) is 9.13. The molecule has 0 aliphatic carbocycles. The summed E-state index contributed by atoms with van der Waals surface area (Å²) in [6, 6.07) is -0.467. The maximum Gasteiger partial charge on any atom is 0.222 e. The monoisotopic (exact) mass is 339 g/mol. The van der Waals surface area contributed by atoms with E-state index in [1.807, 2.05) is 6.92 Å². The highest BCUT2D eigenvalue weighted by molar-refractivity contribution is 5.93. The van der Waals surface area contributed by atoms with Crippen LogP contribution >= 0.6 is 0 Å². The molecule has 2 atom stereocenters. The summed E-state index contributed by atoms with van der Waals surface area (Å²) in [6.07, 6.45) is 3.84. The Morgan fingerprint density at radius 3 is 2.62 bits per heavy atom. The van der Waals surface area contributed by atoms with Crippen molar-refractivity contribution in [2.45, 2.75) is 65.3 Å². The molecule has 0 radical (unpaired) electrons. The third kappa shape index (κ3) is 7.43. The molecule has 1 rings (SSSR count). The molecule has 6 heteroatoms. The molecule has 0 aromatic heterocycles. The summed E-state index contributed by atoms with van der Waals surface area (Å²) < 4.78 is 0. The number of amides is 2. The summed E-state index contributed by atoms with van der Waals surface area (Å²) in [5.41, 5.74) is 5.50. The average Bonchev–Trinajstić information content (AvgIpc) is 2.67. The predicted molar refractivity (Wildman–Crippen MR) is 94.3 cm³/mol. The van der Waals surface area contributed by atoms with Gasteiger partial charge in [-0.1, -0.05) is 20.8 Å². The lowest BCUT2D eigenvalue weighted by Crippen LogP contribution is -2.44. The minimum absolute atomic E-state index is 0.0422. The summed E-state index contributed by atoms with van der Waals surface area (Å²) in [5.74, 6) is 0.559. The minimum Gasteiger partial charge on any atom is -0.346 e. The Morgan fingerprint density at radius 1 is 1.29 bits per heavy atom. The molecule has 1 aliphatic rings. The van der Waals surface area contributed by atoms with E-state index in [4.69, 9.17) is 5.73 Å². The molecule has 0 aromatic carbocycles. The Kier molecular flexibility index (Phi) is 8.97. The smallest absolute Gasteiger partial charge is 0.222 e. The van der Waals surface area contributed by atoms with Gasteiger partial charge in [0, 0.05) is 19.4 Å². The molecule has 3 N–H and O–H groups in total. The van der Waals surface area contributed by atoms with Gasteiger partial charge in [-0.3, -0.25) is 14.4 Å². The van der Waals surface area contributed by atoms with Crippen LogP contribution in [0.4, 0.5) is 0 Å². The highest BCUT2D eigenvalue weighted by Gasteiger charge is 2.28. The van der Waals surface area contributed by atoms with Gasteiger partial charge < -0.3 is 16.0 Å². The molecule has 0 bridgehead atoms. The van der Waals surface area contributed by atoms with Crippen LogP contribution in [0.3, 0.4) is 0 Å². The van der Waals surface area contributed by atoms with Gasteiger partial charge >= 0.3 is 0 Å². The maximum atomic E-state index is 12.4. The van der Waals surface area contributed by atoms with Crippen molar-refractivity contribution in [3.8, 4) is 0 Å². The largest absolute Gasteiger partial charge is 0.346 e. The molecule has 0 aromatic rings. The molecule has 24 heavy (non-hydrogen) atoms. The van der Waals surface area contributed by atoms with Crippen LogP contribution in [-0.4, -0.2) is 48.2 Å². The van der Waals surface area contributed by atoms with E-state index in [0.29, 0.717) is 38.3 Å². The lowest BCUT2D eigenvalue weighted by Gasteiger charge is -2.21. The van der Waals surface area contributed by atoms with E-state index in [1.54, 1.807) is 4.90 Å². The van der Waals surface area contributed by atoms with Crippen LogP contribution in [0.5, 0.6) is 0 Å². The van der Waals surface area contributed by atoms with E-state index in [9.17, 15) is 14.4 Å². The van der Waals surface area contributed by atoms with E-state index in [2.05, 4.69) is 19.2 Å². The number of carbonyl (C=O) groups excluding carboxylic acids is 3. The number of nitrogens with two attached hydrogens (primary N) is 1. The third-order valence-corrected chi connectivity index (χ3v) is 4.47. The molecule has 1 unspecified atom stereocenters. The molecule has 138 valence electrons. The number of hydrogen-bond donors (Lipinski definition) is 2. The van der Waals surface area contributed by atoms with Crippen LogP contribution in [-0.2, 0) is 14.4 Å². The van der Waals surface area contributed by atoms with E-state index in [-0.39, 0.29) is 30.1 Å². The number of nitrogens with zero attached hydrogens (tertiary/aromatic N) is 1. The molecule has 1 aliphatic heterocycles. The molecular formula is C18H33N3O3. The van der Waals surface area contributed by atoms with Gasteiger partial charge in [-0.2, -0.15) is 0 Å². The fourth-order valence-corrected chi connectivity index (χ4v) is 2.92. The van der Waals surface area contributed by atoms with Crippen molar-refractivity contribution in [3.63, 3.8) is 0 Å². The second kappa shape index (κ2) is 10.4. The molecular weight excluding hydrogens is 306 g/mol. The summed E-state index contributed by atoms with van der Waals surface area (Å²) in [4.78, 5) is 38.3. The number of nitrogens with one attached hydrogen (secondary N) is 1. The Morgan fingerprint density at radius 2 is 2.00 bits per heavy atom. The molecule has 1 heterocycles. The Hall–Kier alpha value is -1.43. The van der Waals surface area contributed by atoms with Gasteiger partial charge in [0.1, 0.15) is 0 Å². The van der Waals surface area contributed by atoms with Gasteiger partial charge in [0.05, 0.1) is 12.6 Å². The van der Waals surface area contributed by atoms with Gasteiger partial charge in [0.2, 0.25) is 11.8 Å². The van der Waals surface area contributed by atoms with Crippen LogP contribution in [0, 0.1) is 11.8 Å². The van der Waals surface area contributed by atoms with Crippen molar-refractivity contribution in [1.29, 1.82) is 0 Å². The van der Waals surface area contributed by atoms with Crippen molar-refractivity contribution >= 4 is 17.6 Å². The van der Waals surface area contributed by atoms with Crippen LogP contribution in [0.25, 0.3) is 0 Å². The first kappa shape index (κ1) is 20.6. The highest BCUT2D eigenvalue weighted by atomic mass is 16.2. The summed E-state index contributed by atoms with van der Waals surface area (Å²) in [7, 11) is 0. The van der Waals surface area contributed by atoms with E-state index in [0.717, 1.165) is 19.3 Å². The third-order valence-electron chi connectivity index (χ3n) is 4.47. The second-order valence-electron chi connectivity index (χ2n) is 7.36. The Labute approximate surface area is 145 Å². The number of hydrogen-bond acceptors (Lipinski definition) is 4. The standard InChI is InChI=1S/C18H33N3O3/c1-13(2)6-7-18(24)21-10-4-5-15(16(22)12-21)20-17(23)11-14(3)8-9-19/h13-15H,4-12,19H2,1-3H3,(H,20,23)/t14-,15?/m0/s1. The zero-order valence-electron chi connectivity index (χ0n) is 15.3. The van der Waals surface area contributed by atoms with Crippen molar-refractivity contribution in [1.82, 2.24) is 10.2 Å². The molecule has 1 saturated heterocycles. The first-order chi connectivity index (χ1) is 11.3. The van der Waals surface area contributed by atoms with Gasteiger partial charge in [0.25, 0.3) is 0 Å². The number of Topliss-reactive ketones (excluding diaryl/α,β-unsaturated/α-hetero) is 1. The second-order valence-corrected chi connectivity index (χ2v) is 7.36. The molecule has 0 spiro atoms. The normalized spacial score (nSPS) is 20.0. The average molecular weight is 339 g/mol. The van der Waals surface area contributed by atoms with E-state index in [1.165, 1.54) is 0 Å². The van der Waals surface area contributed by atoms with E-state index < -0.39 is 6.04 Å². The lowest BCUT2D eigenvalue weighted by atomic mass is 10.0. The Bertz CT molecular complexity index is 437. The van der Waals surface area contributed by atoms with Gasteiger partial charge in [-0.05, 0) is 44.1 Å². The highest BCUT2D eigenvalue weighted by Crippen LogP contribution is 2.13. The van der Waals surface area contributed by atoms with Gasteiger partial charge in [-0.15, -0.1) is 0 Å². The van der Waals surface area contributed by atoms with Crippen LogP contribution < -0.4 is 11.1 Å². The maximum absolute atomic E-state index is 12.4. The van der Waals surface area contributed by atoms with Crippen LogP contribution in [0.1, 0.15) is 59.3 Å². The topological polar surface area (TPSA) is 92.5 Å². The number of ketones is 1. The first-order valence-corrected chi connectivity index (χ1v) is 9.13. The van der Waals surface area contributed by atoms with Crippen LogP contribution in [0.15, 0.2) is 0 Å². The minimum atomic E-state index is -0.467. The summed E-state index contributed by atoms with van der Waals surface area (Å²) >= 11 is 0. The van der Waals surface area contributed by atoms with Crippen molar-refractivity contribution < 1.29 is 14.4 Å². The molecule has 1 fully saturated rings. The van der Waals surface area contributed by atoms with Crippen molar-refractivity contribution in [2.24, 2.45) is 17.6 Å². The molecule has 2 amide bonds. The van der Waals surface area contributed by atoms with E-state index >= 15 is 0 Å². The van der Waals surface area contributed by atoms with Gasteiger partial charge in [-0.25, -0.2) is 0 Å². The summed E-state index contributed by atoms with van der Waals surface area (Å²) in [6.45, 7) is 7.41. The zero-order chi connectivity index (χ0) is 18.1. The Balaban J connectivity index is 2.49. The molecule has 0 saturated carbocycles. The fraction of sp³-hybridized carbons (Fsp3) is 0.833. The van der Waals surface area contributed by atoms with Crippen LogP contribution in [0.2, 0.25) is 0 Å². The predicted octanol–water partition coefficient (Wildman–Crippen LogP) is 1.47. The lowest BCUT2D eigenvalue weighted by molar-refractivity contribution is -0.135. The van der Waals surface area contributed by atoms with Crippen molar-refractivity contribution in [3.05, 3.63) is 0 Å². The van der Waals surface area contributed by atoms with Gasteiger partial charge in [0.15, 0.2) is 5.78 Å². The molecule has 6 nitrogen and oxygen atoms in total. The van der Waals surface area contributed by atoms with Crippen molar-refractivity contribution in [2.75, 3.05) is 19.6 Å². The number of rotatable bonds is 8. The zero-order valence-corrected chi connectivity index (χ0v) is 15.3. The quantitative estimate of drug-likeness (QED) is 0.700. The summed E-state index contributed by atoms with van der Waals surface area (Å²) in [5, 5.41) is 2.84.